The molecule has 0 radical (unpaired) electrons. The first-order chi connectivity index (χ1) is 17.5. The Bertz CT molecular complexity index is 1370. The maximum Gasteiger partial charge on any atom is 0.407 e. The number of benzene rings is 1. The topological polar surface area (TPSA) is 175 Å². The monoisotopic (exact) mass is 526 g/mol. The van der Waals surface area contributed by atoms with Gasteiger partial charge in [0.1, 0.15) is 22.6 Å². The minimum Gasteiger partial charge on any atom is -0.467 e. The zero-order chi connectivity index (χ0) is 27.2. The standard InChI is InChI=1S/C24H26N6O6S/c1-24(2,3)36-23(34)27-12-17(22(33)35-4)29-21(32)19-14(9-25)8-18(37-19)20(31)26-10-13-6-5-7-16-15(13)11-28-30-16/h5-8,11,17H,10,12H2,1-4H3,(H,26,31)(H,27,34)(H,28,30)(H,29,32). The van der Waals surface area contributed by atoms with E-state index in [9.17, 15) is 24.4 Å². The molecule has 0 bridgehead atoms. The largest absolute Gasteiger partial charge is 0.467 e. The number of nitriles is 1. The summed E-state index contributed by atoms with van der Waals surface area (Å²) in [6.45, 7) is 4.93. The minimum absolute atomic E-state index is 0.0340. The summed E-state index contributed by atoms with van der Waals surface area (Å²) in [7, 11) is 1.13. The average molecular weight is 527 g/mol. The van der Waals surface area contributed by atoms with Crippen LogP contribution in [-0.4, -0.2) is 59.4 Å². The lowest BCUT2D eigenvalue weighted by Crippen LogP contribution is -2.49. The van der Waals surface area contributed by atoms with Crippen molar-refractivity contribution in [2.24, 2.45) is 0 Å². The lowest BCUT2D eigenvalue weighted by Gasteiger charge is -2.21. The molecule has 0 aliphatic heterocycles. The highest BCUT2D eigenvalue weighted by molar-refractivity contribution is 7.16. The molecule has 0 aliphatic rings. The lowest BCUT2D eigenvalue weighted by atomic mass is 10.1. The lowest BCUT2D eigenvalue weighted by molar-refractivity contribution is -0.142. The van der Waals surface area contributed by atoms with Crippen molar-refractivity contribution in [2.75, 3.05) is 13.7 Å². The third-order valence-electron chi connectivity index (χ3n) is 4.94. The van der Waals surface area contributed by atoms with Crippen LogP contribution in [0.15, 0.2) is 30.5 Å². The summed E-state index contributed by atoms with van der Waals surface area (Å²) in [6, 6.07) is 7.48. The van der Waals surface area contributed by atoms with Gasteiger partial charge in [-0.1, -0.05) is 12.1 Å². The number of alkyl carbamates (subject to hydrolysis) is 1. The molecule has 0 fully saturated rings. The maximum atomic E-state index is 12.9. The Morgan fingerprint density at radius 2 is 1.95 bits per heavy atom. The van der Waals surface area contributed by atoms with E-state index in [4.69, 9.17) is 9.47 Å². The fourth-order valence-corrected chi connectivity index (χ4v) is 4.19. The van der Waals surface area contributed by atoms with Gasteiger partial charge in [0.15, 0.2) is 0 Å². The molecule has 3 aromatic rings. The van der Waals surface area contributed by atoms with Crippen LogP contribution in [-0.2, 0) is 20.8 Å². The number of thiophene rings is 1. The van der Waals surface area contributed by atoms with Gasteiger partial charge in [-0.15, -0.1) is 11.3 Å². The number of carbonyl (C=O) groups is 4. The van der Waals surface area contributed by atoms with E-state index in [1.165, 1.54) is 6.07 Å². The number of aromatic nitrogens is 2. The van der Waals surface area contributed by atoms with E-state index < -0.39 is 35.5 Å². The van der Waals surface area contributed by atoms with Gasteiger partial charge in [0.05, 0.1) is 35.8 Å². The number of aromatic amines is 1. The molecule has 0 aliphatic carbocycles. The summed E-state index contributed by atoms with van der Waals surface area (Å²) < 4.78 is 9.83. The van der Waals surface area contributed by atoms with Crippen molar-refractivity contribution in [1.29, 1.82) is 5.26 Å². The van der Waals surface area contributed by atoms with Gasteiger partial charge in [0, 0.05) is 11.9 Å². The molecule has 2 heterocycles. The highest BCUT2D eigenvalue weighted by Crippen LogP contribution is 2.23. The van der Waals surface area contributed by atoms with Gasteiger partial charge in [0.2, 0.25) is 0 Å². The molecule has 37 heavy (non-hydrogen) atoms. The van der Waals surface area contributed by atoms with Crippen molar-refractivity contribution in [3.8, 4) is 6.07 Å². The average Bonchev–Trinajstić information content (AvgIpc) is 3.51. The van der Waals surface area contributed by atoms with Crippen molar-refractivity contribution in [3.63, 3.8) is 0 Å². The molecule has 4 N–H and O–H groups in total. The fourth-order valence-electron chi connectivity index (χ4n) is 3.26. The molecular weight excluding hydrogens is 500 g/mol. The Balaban J connectivity index is 1.69. The van der Waals surface area contributed by atoms with Crippen molar-refractivity contribution < 1.29 is 28.7 Å². The molecule has 194 valence electrons. The number of H-pyrrole nitrogens is 1. The first-order valence-electron chi connectivity index (χ1n) is 11.1. The third kappa shape index (κ3) is 7.05. The van der Waals surface area contributed by atoms with Crippen LogP contribution in [0.5, 0.6) is 0 Å². The molecular formula is C24H26N6O6S. The Kier molecular flexibility index (Phi) is 8.46. The zero-order valence-corrected chi connectivity index (χ0v) is 21.4. The number of carbonyl (C=O) groups excluding carboxylic acids is 4. The number of fused-ring (bicyclic) bond motifs is 1. The predicted octanol–water partition coefficient (Wildman–Crippen LogP) is 2.22. The van der Waals surface area contributed by atoms with E-state index in [1.807, 2.05) is 24.3 Å². The van der Waals surface area contributed by atoms with Gasteiger partial charge in [-0.3, -0.25) is 14.7 Å². The van der Waals surface area contributed by atoms with Crippen LogP contribution in [0.25, 0.3) is 10.9 Å². The second-order valence-corrected chi connectivity index (χ2v) is 9.88. The number of esters is 1. The fraction of sp³-hybridized carbons (Fsp3) is 0.333. The van der Waals surface area contributed by atoms with Crippen LogP contribution in [0.4, 0.5) is 4.79 Å². The Morgan fingerprint density at radius 3 is 2.62 bits per heavy atom. The number of hydrogen-bond acceptors (Lipinski definition) is 9. The van der Waals surface area contributed by atoms with Crippen molar-refractivity contribution in [2.45, 2.75) is 39.0 Å². The van der Waals surface area contributed by atoms with Gasteiger partial charge in [-0.25, -0.2) is 9.59 Å². The predicted molar refractivity (Wildman–Crippen MR) is 134 cm³/mol. The summed E-state index contributed by atoms with van der Waals surface area (Å²) in [4.78, 5) is 49.9. The first-order valence-corrected chi connectivity index (χ1v) is 11.9. The number of hydrogen-bond donors (Lipinski definition) is 4. The molecule has 3 rings (SSSR count). The van der Waals surface area contributed by atoms with Crippen molar-refractivity contribution in [3.05, 3.63) is 51.3 Å². The quantitative estimate of drug-likeness (QED) is 0.323. The van der Waals surface area contributed by atoms with Crippen LogP contribution in [0.1, 0.15) is 51.2 Å². The number of nitrogens with zero attached hydrogens (tertiary/aromatic N) is 2. The highest BCUT2D eigenvalue weighted by Gasteiger charge is 2.27. The zero-order valence-electron chi connectivity index (χ0n) is 20.6. The molecule has 0 spiro atoms. The van der Waals surface area contributed by atoms with Gasteiger partial charge >= 0.3 is 12.1 Å². The second kappa shape index (κ2) is 11.5. The van der Waals surface area contributed by atoms with E-state index in [1.54, 1.807) is 27.0 Å². The summed E-state index contributed by atoms with van der Waals surface area (Å²) in [5.41, 5.74) is 0.880. The first kappa shape index (κ1) is 27.2. The van der Waals surface area contributed by atoms with Gasteiger partial charge in [0.25, 0.3) is 11.8 Å². The van der Waals surface area contributed by atoms with E-state index in [0.29, 0.717) is 0 Å². The Labute approximate surface area is 216 Å². The van der Waals surface area contributed by atoms with Crippen LogP contribution >= 0.6 is 11.3 Å². The molecule has 1 unspecified atom stereocenters. The molecule has 3 amide bonds. The molecule has 0 saturated carbocycles. The van der Waals surface area contributed by atoms with E-state index in [-0.39, 0.29) is 28.4 Å². The summed E-state index contributed by atoms with van der Waals surface area (Å²) in [5, 5.41) is 24.8. The number of rotatable bonds is 8. The second-order valence-electron chi connectivity index (χ2n) is 8.83. The molecule has 12 nitrogen and oxygen atoms in total. The SMILES string of the molecule is COC(=O)C(CNC(=O)OC(C)(C)C)NC(=O)c1sc(C(=O)NCc2cccc3[nH]ncc23)cc1C#N. The number of methoxy groups -OCH3 is 1. The Hall–Kier alpha value is -4.44. The molecule has 13 heteroatoms. The number of amides is 3. The molecule has 2 aromatic heterocycles. The van der Waals surface area contributed by atoms with E-state index >= 15 is 0 Å². The van der Waals surface area contributed by atoms with E-state index in [2.05, 4.69) is 26.1 Å². The molecule has 0 saturated heterocycles. The van der Waals surface area contributed by atoms with Gasteiger partial charge < -0.3 is 25.4 Å². The normalized spacial score (nSPS) is 11.8. The van der Waals surface area contributed by atoms with Gasteiger partial charge in [-0.05, 0) is 38.5 Å². The molecule has 1 atom stereocenters. The maximum absolute atomic E-state index is 12.9. The van der Waals surface area contributed by atoms with E-state index in [0.717, 1.165) is 34.9 Å². The van der Waals surface area contributed by atoms with Crippen molar-refractivity contribution in [1.82, 2.24) is 26.1 Å². The number of nitrogens with one attached hydrogen (secondary N) is 4. The smallest absolute Gasteiger partial charge is 0.407 e. The summed E-state index contributed by atoms with van der Waals surface area (Å²) >= 11 is 0.805. The van der Waals surface area contributed by atoms with Crippen LogP contribution in [0.3, 0.4) is 0 Å². The Morgan fingerprint density at radius 1 is 1.19 bits per heavy atom. The highest BCUT2D eigenvalue weighted by atomic mass is 32.1. The third-order valence-corrected chi connectivity index (χ3v) is 6.07. The number of ether oxygens (including phenoxy) is 2. The minimum atomic E-state index is -1.26. The van der Waals surface area contributed by atoms with Crippen LogP contribution < -0.4 is 16.0 Å². The summed E-state index contributed by atoms with van der Waals surface area (Å²) in [5.74, 6) is -2.06. The van der Waals surface area contributed by atoms with Crippen molar-refractivity contribution >= 4 is 46.1 Å². The molecule has 1 aromatic carbocycles. The van der Waals surface area contributed by atoms with Crippen LogP contribution in [0, 0.1) is 11.3 Å². The van der Waals surface area contributed by atoms with Gasteiger partial charge in [-0.2, -0.15) is 10.4 Å². The summed E-state index contributed by atoms with van der Waals surface area (Å²) in [6.07, 6.45) is 0.877. The van der Waals surface area contributed by atoms with Crippen LogP contribution in [0.2, 0.25) is 0 Å².